The van der Waals surface area contributed by atoms with E-state index in [1.165, 1.54) is 6.07 Å². The van der Waals surface area contributed by atoms with Crippen LogP contribution in [0.15, 0.2) is 42.5 Å². The first-order valence-corrected chi connectivity index (χ1v) is 9.52. The van der Waals surface area contributed by atoms with E-state index in [1.807, 2.05) is 37.4 Å². The van der Waals surface area contributed by atoms with Crippen molar-refractivity contribution in [3.05, 3.63) is 63.7 Å². The lowest BCUT2D eigenvalue weighted by Crippen LogP contribution is -2.43. The smallest absolute Gasteiger partial charge is 0.277 e. The second-order valence-electron chi connectivity index (χ2n) is 7.03. The first-order valence-electron chi connectivity index (χ1n) is 9.52. The molecule has 1 N–H and O–H groups in total. The number of nitro groups is 1. The topological polar surface area (TPSA) is 76.9 Å². The summed E-state index contributed by atoms with van der Waals surface area (Å²) in [6, 6.07) is 13.3. The molecule has 1 unspecified atom stereocenters. The molecule has 0 aliphatic carbocycles. The number of nitrogens with zero attached hydrogens (tertiary/aromatic N) is 2. The molecule has 0 spiro atoms. The lowest BCUT2D eigenvalue weighted by molar-refractivity contribution is -0.385. The van der Waals surface area contributed by atoms with Crippen molar-refractivity contribution in [2.75, 3.05) is 27.2 Å². The summed E-state index contributed by atoms with van der Waals surface area (Å²) in [4.78, 5) is 13.6. The van der Waals surface area contributed by atoms with Gasteiger partial charge >= 0.3 is 0 Å². The van der Waals surface area contributed by atoms with E-state index in [2.05, 4.69) is 10.2 Å². The standard InChI is InChI=1S/C21H27N3O4.ClH/c1-22-18-9-6-10-23(14-18)13-17-11-20(27-2)21(12-19(17)24(25)26)28-15-16-7-4-3-5-8-16;/h3-5,7-8,11-12,18,22H,6,9-10,13-15H2,1-2H3;1H. The Morgan fingerprint density at radius 2 is 2.00 bits per heavy atom. The maximum Gasteiger partial charge on any atom is 0.277 e. The molecule has 1 aliphatic heterocycles. The van der Waals surface area contributed by atoms with Crippen molar-refractivity contribution in [1.82, 2.24) is 10.2 Å². The summed E-state index contributed by atoms with van der Waals surface area (Å²) in [6.07, 6.45) is 2.21. The van der Waals surface area contributed by atoms with Crippen molar-refractivity contribution in [1.29, 1.82) is 0 Å². The summed E-state index contributed by atoms with van der Waals surface area (Å²) in [5, 5.41) is 15.0. The Morgan fingerprint density at radius 3 is 2.66 bits per heavy atom. The second kappa shape index (κ2) is 11.0. The van der Waals surface area contributed by atoms with Crippen LogP contribution >= 0.6 is 12.4 Å². The fraction of sp³-hybridized carbons (Fsp3) is 0.429. The van der Waals surface area contributed by atoms with E-state index >= 15 is 0 Å². The average Bonchev–Trinajstić information content (AvgIpc) is 2.73. The van der Waals surface area contributed by atoms with E-state index < -0.39 is 0 Å². The number of likely N-dealkylation sites (N-methyl/N-ethyl adjacent to an activating group) is 1. The van der Waals surface area contributed by atoms with Crippen LogP contribution in [0.3, 0.4) is 0 Å². The third-order valence-electron chi connectivity index (χ3n) is 5.11. The van der Waals surface area contributed by atoms with Crippen molar-refractivity contribution in [3.63, 3.8) is 0 Å². The minimum Gasteiger partial charge on any atom is -0.493 e. The number of nitro benzene ring substituents is 1. The molecule has 1 saturated heterocycles. The Kier molecular flexibility index (Phi) is 8.70. The first kappa shape index (κ1) is 22.9. The van der Waals surface area contributed by atoms with Crippen LogP contribution < -0.4 is 14.8 Å². The van der Waals surface area contributed by atoms with Gasteiger partial charge in [0.05, 0.1) is 18.1 Å². The Morgan fingerprint density at radius 1 is 1.24 bits per heavy atom. The lowest BCUT2D eigenvalue weighted by atomic mass is 10.0. The van der Waals surface area contributed by atoms with Crippen LogP contribution in [-0.4, -0.2) is 43.1 Å². The first-order chi connectivity index (χ1) is 13.6. The maximum absolute atomic E-state index is 11.7. The van der Waals surface area contributed by atoms with Crippen molar-refractivity contribution in [2.45, 2.75) is 32.0 Å². The number of rotatable bonds is 8. The lowest BCUT2D eigenvalue weighted by Gasteiger charge is -2.32. The van der Waals surface area contributed by atoms with Crippen molar-refractivity contribution < 1.29 is 14.4 Å². The van der Waals surface area contributed by atoms with Crippen LogP contribution in [0.4, 0.5) is 5.69 Å². The monoisotopic (exact) mass is 421 g/mol. The van der Waals surface area contributed by atoms with Gasteiger partial charge in [-0.3, -0.25) is 15.0 Å². The number of ether oxygens (including phenoxy) is 2. The average molecular weight is 422 g/mol. The molecule has 1 aliphatic rings. The molecule has 3 rings (SSSR count). The highest BCUT2D eigenvalue weighted by molar-refractivity contribution is 5.85. The minimum absolute atomic E-state index is 0. The van der Waals surface area contributed by atoms with Gasteiger partial charge in [0.15, 0.2) is 11.5 Å². The Balaban J connectivity index is 0.00000300. The van der Waals surface area contributed by atoms with Gasteiger partial charge in [-0.2, -0.15) is 0 Å². The Hall–Kier alpha value is -2.35. The van der Waals surface area contributed by atoms with E-state index in [0.717, 1.165) is 31.5 Å². The SMILES string of the molecule is CNC1CCCN(Cc2cc(OC)c(OCc3ccccc3)cc2[N+](=O)[O-])C1.Cl. The molecule has 0 amide bonds. The molecule has 0 radical (unpaired) electrons. The highest BCUT2D eigenvalue weighted by Crippen LogP contribution is 2.36. The zero-order valence-corrected chi connectivity index (χ0v) is 17.6. The normalized spacial score (nSPS) is 16.7. The van der Waals surface area contributed by atoms with Gasteiger partial charge in [0.2, 0.25) is 0 Å². The molecule has 1 heterocycles. The molecule has 0 bridgehead atoms. The largest absolute Gasteiger partial charge is 0.493 e. The molecule has 0 aromatic heterocycles. The molecule has 2 aromatic rings. The molecular formula is C21H28ClN3O4. The van der Waals surface area contributed by atoms with Crippen LogP contribution in [0.25, 0.3) is 0 Å². The third-order valence-corrected chi connectivity index (χ3v) is 5.11. The van der Waals surface area contributed by atoms with E-state index in [4.69, 9.17) is 9.47 Å². The predicted octanol–water partition coefficient (Wildman–Crippen LogP) is 3.79. The number of hydrogen-bond acceptors (Lipinski definition) is 6. The molecule has 0 saturated carbocycles. The number of piperidine rings is 1. The highest BCUT2D eigenvalue weighted by atomic mass is 35.5. The second-order valence-corrected chi connectivity index (χ2v) is 7.03. The van der Waals surface area contributed by atoms with Crippen LogP contribution in [0.2, 0.25) is 0 Å². The van der Waals surface area contributed by atoms with Gasteiger partial charge in [0.1, 0.15) is 6.61 Å². The van der Waals surface area contributed by atoms with Gasteiger partial charge < -0.3 is 14.8 Å². The maximum atomic E-state index is 11.7. The zero-order chi connectivity index (χ0) is 19.9. The van der Waals surface area contributed by atoms with Gasteiger partial charge in [-0.25, -0.2) is 0 Å². The number of methoxy groups -OCH3 is 1. The number of hydrogen-bond donors (Lipinski definition) is 1. The van der Waals surface area contributed by atoms with Gasteiger partial charge in [0, 0.05) is 24.7 Å². The summed E-state index contributed by atoms with van der Waals surface area (Å²) in [6.45, 7) is 2.65. The van der Waals surface area contributed by atoms with Crippen molar-refractivity contribution in [2.24, 2.45) is 0 Å². The number of benzene rings is 2. The summed E-state index contributed by atoms with van der Waals surface area (Å²) >= 11 is 0. The Bertz CT molecular complexity index is 804. The fourth-order valence-electron chi connectivity index (χ4n) is 3.57. The summed E-state index contributed by atoms with van der Waals surface area (Å²) in [5.41, 5.74) is 1.70. The third kappa shape index (κ3) is 6.06. The molecule has 8 heteroatoms. The van der Waals surface area contributed by atoms with Crippen LogP contribution in [-0.2, 0) is 13.2 Å². The summed E-state index contributed by atoms with van der Waals surface area (Å²) in [5.74, 6) is 0.896. The van der Waals surface area contributed by atoms with Gasteiger partial charge in [-0.1, -0.05) is 30.3 Å². The molecule has 1 atom stereocenters. The Labute approximate surface area is 177 Å². The number of halogens is 1. The minimum atomic E-state index is -0.344. The van der Waals surface area contributed by atoms with Crippen LogP contribution in [0.5, 0.6) is 11.5 Å². The quantitative estimate of drug-likeness (QED) is 0.516. The molecule has 2 aromatic carbocycles. The van der Waals surface area contributed by atoms with Crippen molar-refractivity contribution in [3.8, 4) is 11.5 Å². The number of likely N-dealkylation sites (tertiary alicyclic amines) is 1. The molecule has 158 valence electrons. The summed E-state index contributed by atoms with van der Waals surface area (Å²) < 4.78 is 11.3. The molecule has 7 nitrogen and oxygen atoms in total. The van der Waals surface area contributed by atoms with E-state index in [9.17, 15) is 10.1 Å². The number of nitrogens with one attached hydrogen (secondary N) is 1. The molecular weight excluding hydrogens is 394 g/mol. The zero-order valence-electron chi connectivity index (χ0n) is 16.8. The van der Waals surface area contributed by atoms with Crippen LogP contribution in [0, 0.1) is 10.1 Å². The van der Waals surface area contributed by atoms with Crippen molar-refractivity contribution >= 4 is 18.1 Å². The molecule has 29 heavy (non-hydrogen) atoms. The van der Waals surface area contributed by atoms with Gasteiger partial charge in [0.25, 0.3) is 5.69 Å². The fourth-order valence-corrected chi connectivity index (χ4v) is 3.57. The van der Waals surface area contributed by atoms with Crippen LogP contribution in [0.1, 0.15) is 24.0 Å². The van der Waals surface area contributed by atoms with E-state index in [0.29, 0.717) is 36.3 Å². The van der Waals surface area contributed by atoms with E-state index in [1.54, 1.807) is 13.2 Å². The van der Waals surface area contributed by atoms with Gasteiger partial charge in [-0.15, -0.1) is 12.4 Å². The highest BCUT2D eigenvalue weighted by Gasteiger charge is 2.24. The van der Waals surface area contributed by atoms with Gasteiger partial charge in [-0.05, 0) is 38.1 Å². The van der Waals surface area contributed by atoms with E-state index in [-0.39, 0.29) is 23.0 Å². The summed E-state index contributed by atoms with van der Waals surface area (Å²) in [7, 11) is 3.51. The predicted molar refractivity (Wildman–Crippen MR) is 115 cm³/mol. The molecule has 1 fully saturated rings.